The Morgan fingerprint density at radius 3 is 2.60 bits per heavy atom. The fraction of sp³-hybridized carbons (Fsp3) is 0.647. The minimum Gasteiger partial charge on any atom is -0.371 e. The van der Waals surface area contributed by atoms with Crippen molar-refractivity contribution < 1.29 is 4.39 Å². The van der Waals surface area contributed by atoms with Crippen molar-refractivity contribution in [2.45, 2.75) is 46.1 Å². The highest BCUT2D eigenvalue weighted by Gasteiger charge is 2.21. The predicted molar refractivity (Wildman–Crippen MR) is 83.4 cm³/mol. The largest absolute Gasteiger partial charge is 0.371 e. The summed E-state index contributed by atoms with van der Waals surface area (Å²) in [5.41, 5.74) is 8.05. The van der Waals surface area contributed by atoms with Crippen molar-refractivity contribution in [2.75, 3.05) is 18.0 Å². The summed E-state index contributed by atoms with van der Waals surface area (Å²) >= 11 is 0. The van der Waals surface area contributed by atoms with Crippen molar-refractivity contribution in [3.05, 3.63) is 29.6 Å². The van der Waals surface area contributed by atoms with Gasteiger partial charge in [-0.05, 0) is 61.8 Å². The maximum Gasteiger partial charge on any atom is 0.123 e. The van der Waals surface area contributed by atoms with Crippen molar-refractivity contribution in [1.29, 1.82) is 0 Å². The lowest BCUT2D eigenvalue weighted by Crippen LogP contribution is -2.27. The molecule has 1 saturated heterocycles. The van der Waals surface area contributed by atoms with Crippen LogP contribution in [0.15, 0.2) is 18.2 Å². The molecule has 2 nitrogen and oxygen atoms in total. The third kappa shape index (κ3) is 3.51. The Morgan fingerprint density at radius 2 is 1.95 bits per heavy atom. The maximum atomic E-state index is 13.4. The predicted octanol–water partition coefficient (Wildman–Crippen LogP) is 4.11. The lowest BCUT2D eigenvalue weighted by Gasteiger charge is -2.27. The summed E-state index contributed by atoms with van der Waals surface area (Å²) in [4.78, 5) is 2.39. The van der Waals surface area contributed by atoms with Crippen LogP contribution in [0.25, 0.3) is 0 Å². The van der Waals surface area contributed by atoms with Gasteiger partial charge in [-0.15, -0.1) is 0 Å². The van der Waals surface area contributed by atoms with Gasteiger partial charge in [0.15, 0.2) is 0 Å². The number of hydrogen-bond donors (Lipinski definition) is 1. The van der Waals surface area contributed by atoms with E-state index >= 15 is 0 Å². The number of rotatable bonds is 3. The third-order valence-electron chi connectivity index (χ3n) is 4.54. The zero-order chi connectivity index (χ0) is 14.7. The molecule has 1 aromatic rings. The zero-order valence-electron chi connectivity index (χ0n) is 12.9. The van der Waals surface area contributed by atoms with Gasteiger partial charge in [-0.1, -0.05) is 13.8 Å². The fourth-order valence-corrected chi connectivity index (χ4v) is 3.21. The molecule has 2 atom stereocenters. The highest BCUT2D eigenvalue weighted by atomic mass is 19.1. The molecule has 0 saturated carbocycles. The summed E-state index contributed by atoms with van der Waals surface area (Å²) in [6.07, 6.45) is 3.72. The summed E-state index contributed by atoms with van der Waals surface area (Å²) in [6.45, 7) is 8.65. The molecule has 0 amide bonds. The van der Waals surface area contributed by atoms with Gasteiger partial charge in [-0.2, -0.15) is 0 Å². The molecule has 0 bridgehead atoms. The van der Waals surface area contributed by atoms with Gasteiger partial charge in [0.2, 0.25) is 0 Å². The summed E-state index contributed by atoms with van der Waals surface area (Å²) in [5, 5.41) is 0. The van der Waals surface area contributed by atoms with Crippen molar-refractivity contribution in [1.82, 2.24) is 0 Å². The van der Waals surface area contributed by atoms with E-state index in [0.717, 1.165) is 36.2 Å². The van der Waals surface area contributed by atoms with Crippen LogP contribution in [0.2, 0.25) is 0 Å². The normalized spacial score (nSPS) is 21.9. The Balaban J connectivity index is 2.19. The molecule has 2 rings (SSSR count). The minimum atomic E-state index is -0.198. The van der Waals surface area contributed by atoms with E-state index < -0.39 is 0 Å². The summed E-state index contributed by atoms with van der Waals surface area (Å²) in [6, 6.07) is 4.89. The molecule has 0 radical (unpaired) electrons. The average molecular weight is 278 g/mol. The maximum absolute atomic E-state index is 13.4. The van der Waals surface area contributed by atoms with Crippen molar-refractivity contribution in [3.63, 3.8) is 0 Å². The molecule has 1 fully saturated rings. The Hall–Kier alpha value is -1.09. The molecule has 3 heteroatoms. The Labute approximate surface area is 122 Å². The number of halogens is 1. The fourth-order valence-electron chi connectivity index (χ4n) is 3.21. The molecule has 112 valence electrons. The quantitative estimate of drug-likeness (QED) is 0.901. The zero-order valence-corrected chi connectivity index (χ0v) is 12.9. The molecular weight excluding hydrogens is 251 g/mol. The van der Waals surface area contributed by atoms with Gasteiger partial charge in [-0.25, -0.2) is 4.39 Å². The molecule has 1 aliphatic rings. The van der Waals surface area contributed by atoms with Crippen molar-refractivity contribution in [2.24, 2.45) is 17.6 Å². The van der Waals surface area contributed by atoms with Crippen LogP contribution in [-0.2, 0) is 0 Å². The standard InChI is InChI=1S/C17H27FN2/c1-12(2)14-5-4-9-20(10-8-14)17-7-6-15(18)11-16(17)13(3)19/h6-7,11-14H,4-5,8-10,19H2,1-3H3/t13-,14?/m0/s1. The smallest absolute Gasteiger partial charge is 0.123 e. The molecule has 1 heterocycles. The Bertz CT molecular complexity index is 443. The van der Waals surface area contributed by atoms with Gasteiger partial charge >= 0.3 is 0 Å². The SMILES string of the molecule is CC(C)C1CCCN(c2ccc(F)cc2[C@H](C)N)CC1. The van der Waals surface area contributed by atoms with E-state index in [0.29, 0.717) is 0 Å². The first-order valence-corrected chi connectivity index (χ1v) is 7.79. The van der Waals surface area contributed by atoms with E-state index in [1.165, 1.54) is 19.3 Å². The number of anilines is 1. The number of nitrogens with two attached hydrogens (primary N) is 1. The highest BCUT2D eigenvalue weighted by Crippen LogP contribution is 2.31. The van der Waals surface area contributed by atoms with Gasteiger partial charge in [0, 0.05) is 24.8 Å². The van der Waals surface area contributed by atoms with E-state index in [9.17, 15) is 4.39 Å². The first-order valence-electron chi connectivity index (χ1n) is 7.79. The van der Waals surface area contributed by atoms with Gasteiger partial charge in [-0.3, -0.25) is 0 Å². The van der Waals surface area contributed by atoms with Gasteiger partial charge in [0.05, 0.1) is 0 Å². The van der Waals surface area contributed by atoms with E-state index in [1.54, 1.807) is 12.1 Å². The van der Waals surface area contributed by atoms with Crippen LogP contribution in [0.1, 0.15) is 51.6 Å². The number of benzene rings is 1. The van der Waals surface area contributed by atoms with Crippen molar-refractivity contribution >= 4 is 5.69 Å². The van der Waals surface area contributed by atoms with Crippen LogP contribution in [-0.4, -0.2) is 13.1 Å². The molecule has 2 N–H and O–H groups in total. The summed E-state index contributed by atoms with van der Waals surface area (Å²) < 4.78 is 13.4. The Morgan fingerprint density at radius 1 is 1.20 bits per heavy atom. The van der Waals surface area contributed by atoms with E-state index in [2.05, 4.69) is 18.7 Å². The highest BCUT2D eigenvalue weighted by molar-refractivity contribution is 5.55. The first-order chi connectivity index (χ1) is 9.49. The third-order valence-corrected chi connectivity index (χ3v) is 4.54. The summed E-state index contributed by atoms with van der Waals surface area (Å²) in [7, 11) is 0. The van der Waals surface area contributed by atoms with E-state index in [4.69, 9.17) is 5.73 Å². The van der Waals surface area contributed by atoms with Gasteiger partial charge in [0.25, 0.3) is 0 Å². The molecule has 0 spiro atoms. The van der Waals surface area contributed by atoms with Crippen LogP contribution in [0.3, 0.4) is 0 Å². The molecular formula is C17H27FN2. The average Bonchev–Trinajstić information content (AvgIpc) is 2.64. The van der Waals surface area contributed by atoms with Crippen LogP contribution in [0.5, 0.6) is 0 Å². The first kappa shape index (κ1) is 15.3. The molecule has 20 heavy (non-hydrogen) atoms. The lowest BCUT2D eigenvalue weighted by molar-refractivity contribution is 0.351. The molecule has 0 aliphatic carbocycles. The molecule has 0 aromatic heterocycles. The summed E-state index contributed by atoms with van der Waals surface area (Å²) in [5.74, 6) is 1.35. The van der Waals surface area contributed by atoms with Crippen LogP contribution >= 0.6 is 0 Å². The topological polar surface area (TPSA) is 29.3 Å². The van der Waals surface area contributed by atoms with Crippen LogP contribution in [0.4, 0.5) is 10.1 Å². The van der Waals surface area contributed by atoms with E-state index in [-0.39, 0.29) is 11.9 Å². The minimum absolute atomic E-state index is 0.134. The molecule has 1 aliphatic heterocycles. The molecule has 1 unspecified atom stereocenters. The van der Waals surface area contributed by atoms with Crippen molar-refractivity contribution in [3.8, 4) is 0 Å². The number of nitrogens with zero attached hydrogens (tertiary/aromatic N) is 1. The lowest BCUT2D eigenvalue weighted by atomic mass is 9.89. The second-order valence-corrected chi connectivity index (χ2v) is 6.41. The van der Waals surface area contributed by atoms with Gasteiger partial charge < -0.3 is 10.6 Å². The second-order valence-electron chi connectivity index (χ2n) is 6.41. The Kier molecular flexibility index (Phi) is 5.03. The second kappa shape index (κ2) is 6.57. The van der Waals surface area contributed by atoms with Gasteiger partial charge in [0.1, 0.15) is 5.82 Å². The monoisotopic (exact) mass is 278 g/mol. The molecule has 1 aromatic carbocycles. The van der Waals surface area contributed by atoms with Crippen LogP contribution in [0, 0.1) is 17.7 Å². The van der Waals surface area contributed by atoms with E-state index in [1.807, 2.05) is 13.0 Å². The van der Waals surface area contributed by atoms with Crippen LogP contribution < -0.4 is 10.6 Å². The number of hydrogen-bond acceptors (Lipinski definition) is 2.